The quantitative estimate of drug-likeness (QED) is 0.803. The van der Waals surface area contributed by atoms with Gasteiger partial charge in [-0.15, -0.1) is 0 Å². The summed E-state index contributed by atoms with van der Waals surface area (Å²) in [5, 5.41) is 0. The van der Waals surface area contributed by atoms with Gasteiger partial charge in [-0.3, -0.25) is 4.79 Å². The topological polar surface area (TPSA) is 68.3 Å². The van der Waals surface area contributed by atoms with Crippen LogP contribution < -0.4 is 9.47 Å². The van der Waals surface area contributed by atoms with Crippen molar-refractivity contribution < 1.29 is 23.8 Å². The van der Waals surface area contributed by atoms with Gasteiger partial charge in [-0.25, -0.2) is 4.79 Å². The van der Waals surface area contributed by atoms with E-state index in [-0.39, 0.29) is 18.6 Å². The highest BCUT2D eigenvalue weighted by molar-refractivity contribution is 5.78. The Kier molecular flexibility index (Phi) is 6.71. The maximum Gasteiger partial charge on any atom is 0.410 e. The Morgan fingerprint density at radius 3 is 1.92 bits per heavy atom. The first kappa shape index (κ1) is 19.9. The summed E-state index contributed by atoms with van der Waals surface area (Å²) in [7, 11) is 0. The number of piperazine rings is 1. The first-order valence-electron chi connectivity index (χ1n) is 8.90. The van der Waals surface area contributed by atoms with Crippen molar-refractivity contribution in [1.29, 1.82) is 0 Å². The second-order valence-corrected chi connectivity index (χ2v) is 7.04. The summed E-state index contributed by atoms with van der Waals surface area (Å²) < 4.78 is 16.3. The molecule has 0 bridgehead atoms. The van der Waals surface area contributed by atoms with Crippen LogP contribution in [0.3, 0.4) is 0 Å². The van der Waals surface area contributed by atoms with Crippen molar-refractivity contribution in [2.75, 3.05) is 39.4 Å². The van der Waals surface area contributed by atoms with Gasteiger partial charge in [0, 0.05) is 26.2 Å². The molecule has 2 rings (SSSR count). The molecule has 144 valence electrons. The second-order valence-electron chi connectivity index (χ2n) is 7.04. The van der Waals surface area contributed by atoms with Crippen LogP contribution in [0.2, 0.25) is 0 Å². The van der Waals surface area contributed by atoms with E-state index in [0.717, 1.165) is 5.75 Å². The normalized spacial score (nSPS) is 14.8. The number of carbonyl (C=O) groups is 2. The summed E-state index contributed by atoms with van der Waals surface area (Å²) >= 11 is 0. The van der Waals surface area contributed by atoms with Crippen molar-refractivity contribution in [3.05, 3.63) is 24.3 Å². The minimum absolute atomic E-state index is 0.0274. The van der Waals surface area contributed by atoms with Gasteiger partial charge < -0.3 is 24.0 Å². The summed E-state index contributed by atoms with van der Waals surface area (Å²) in [4.78, 5) is 27.7. The van der Waals surface area contributed by atoms with Crippen LogP contribution in [0.15, 0.2) is 24.3 Å². The molecule has 1 aliphatic rings. The molecule has 1 aromatic carbocycles. The van der Waals surface area contributed by atoms with Crippen LogP contribution in [0.5, 0.6) is 11.5 Å². The molecule has 0 radical (unpaired) electrons. The Morgan fingerprint density at radius 2 is 1.42 bits per heavy atom. The lowest BCUT2D eigenvalue weighted by Gasteiger charge is -2.35. The van der Waals surface area contributed by atoms with Gasteiger partial charge in [-0.1, -0.05) is 0 Å². The highest BCUT2D eigenvalue weighted by atomic mass is 16.6. The van der Waals surface area contributed by atoms with Crippen molar-refractivity contribution in [2.45, 2.75) is 33.3 Å². The second kappa shape index (κ2) is 8.78. The summed E-state index contributed by atoms with van der Waals surface area (Å²) in [6.07, 6.45) is -0.338. The van der Waals surface area contributed by atoms with E-state index in [1.54, 1.807) is 21.9 Å². The van der Waals surface area contributed by atoms with Crippen LogP contribution in [0.25, 0.3) is 0 Å². The number of amides is 2. The average molecular weight is 364 g/mol. The van der Waals surface area contributed by atoms with Gasteiger partial charge in [0.25, 0.3) is 5.91 Å². The molecular formula is C19H28N2O5. The third kappa shape index (κ3) is 6.13. The molecule has 2 amide bonds. The van der Waals surface area contributed by atoms with E-state index >= 15 is 0 Å². The number of carbonyl (C=O) groups excluding carboxylic acids is 2. The van der Waals surface area contributed by atoms with E-state index in [1.807, 2.05) is 39.8 Å². The summed E-state index contributed by atoms with van der Waals surface area (Å²) in [5.41, 5.74) is -0.518. The Balaban J connectivity index is 1.75. The number of hydrogen-bond acceptors (Lipinski definition) is 5. The van der Waals surface area contributed by atoms with Gasteiger partial charge in [0.2, 0.25) is 0 Å². The van der Waals surface area contributed by atoms with Crippen LogP contribution in [-0.4, -0.2) is 66.8 Å². The SMILES string of the molecule is CCOc1ccc(OCC(=O)N2CCN(C(=O)OC(C)(C)C)CC2)cc1. The number of nitrogens with zero attached hydrogens (tertiary/aromatic N) is 2. The fourth-order valence-electron chi connectivity index (χ4n) is 2.50. The van der Waals surface area contributed by atoms with E-state index in [1.165, 1.54) is 0 Å². The Hall–Kier alpha value is -2.44. The largest absolute Gasteiger partial charge is 0.494 e. The van der Waals surface area contributed by atoms with Crippen LogP contribution in [0.4, 0.5) is 4.79 Å². The highest BCUT2D eigenvalue weighted by Crippen LogP contribution is 2.18. The third-order valence-corrected chi connectivity index (χ3v) is 3.78. The maximum absolute atomic E-state index is 12.3. The average Bonchev–Trinajstić information content (AvgIpc) is 2.60. The molecule has 7 heteroatoms. The zero-order chi connectivity index (χ0) is 19.2. The van der Waals surface area contributed by atoms with Crippen LogP contribution in [-0.2, 0) is 9.53 Å². The van der Waals surface area contributed by atoms with E-state index in [9.17, 15) is 9.59 Å². The lowest BCUT2D eigenvalue weighted by Crippen LogP contribution is -2.52. The van der Waals surface area contributed by atoms with E-state index in [0.29, 0.717) is 38.5 Å². The zero-order valence-corrected chi connectivity index (χ0v) is 16.0. The van der Waals surface area contributed by atoms with Gasteiger partial charge in [0.15, 0.2) is 6.61 Å². The number of hydrogen-bond donors (Lipinski definition) is 0. The van der Waals surface area contributed by atoms with E-state index < -0.39 is 5.60 Å². The third-order valence-electron chi connectivity index (χ3n) is 3.78. The van der Waals surface area contributed by atoms with Gasteiger partial charge >= 0.3 is 6.09 Å². The van der Waals surface area contributed by atoms with Crippen molar-refractivity contribution in [3.8, 4) is 11.5 Å². The molecule has 26 heavy (non-hydrogen) atoms. The Bertz CT molecular complexity index is 601. The molecule has 0 atom stereocenters. The van der Waals surface area contributed by atoms with Crippen molar-refractivity contribution in [3.63, 3.8) is 0 Å². The molecule has 1 fully saturated rings. The van der Waals surface area contributed by atoms with Crippen molar-refractivity contribution in [1.82, 2.24) is 9.80 Å². The molecule has 1 aromatic rings. The van der Waals surface area contributed by atoms with Crippen LogP contribution >= 0.6 is 0 Å². The lowest BCUT2D eigenvalue weighted by atomic mass is 10.2. The highest BCUT2D eigenvalue weighted by Gasteiger charge is 2.27. The molecule has 0 aromatic heterocycles. The monoisotopic (exact) mass is 364 g/mol. The molecule has 7 nitrogen and oxygen atoms in total. The standard InChI is InChI=1S/C19H28N2O5/c1-5-24-15-6-8-16(9-7-15)25-14-17(22)20-10-12-21(13-11-20)18(23)26-19(2,3)4/h6-9H,5,10-14H2,1-4H3. The minimum Gasteiger partial charge on any atom is -0.494 e. The predicted octanol–water partition coefficient (Wildman–Crippen LogP) is 2.54. The molecule has 1 aliphatic heterocycles. The first-order valence-corrected chi connectivity index (χ1v) is 8.90. The molecule has 0 aliphatic carbocycles. The van der Waals surface area contributed by atoms with Crippen LogP contribution in [0.1, 0.15) is 27.7 Å². The van der Waals surface area contributed by atoms with Gasteiger partial charge in [0.1, 0.15) is 17.1 Å². The zero-order valence-electron chi connectivity index (χ0n) is 16.0. The van der Waals surface area contributed by atoms with Crippen LogP contribution in [0, 0.1) is 0 Å². The number of benzene rings is 1. The number of ether oxygens (including phenoxy) is 3. The Labute approximate surface area is 154 Å². The number of rotatable bonds is 5. The van der Waals surface area contributed by atoms with Crippen molar-refractivity contribution >= 4 is 12.0 Å². The minimum atomic E-state index is -0.518. The smallest absolute Gasteiger partial charge is 0.410 e. The molecule has 0 N–H and O–H groups in total. The van der Waals surface area contributed by atoms with Crippen molar-refractivity contribution in [2.24, 2.45) is 0 Å². The molecule has 1 saturated heterocycles. The van der Waals surface area contributed by atoms with E-state index in [4.69, 9.17) is 14.2 Å². The summed E-state index contributed by atoms with van der Waals surface area (Å²) in [6, 6.07) is 7.17. The predicted molar refractivity (Wildman–Crippen MR) is 97.5 cm³/mol. The molecule has 1 heterocycles. The first-order chi connectivity index (χ1) is 12.3. The Morgan fingerprint density at radius 1 is 0.923 bits per heavy atom. The molecule has 0 saturated carbocycles. The fourth-order valence-corrected chi connectivity index (χ4v) is 2.50. The molecule has 0 spiro atoms. The molecule has 0 unspecified atom stereocenters. The summed E-state index contributed by atoms with van der Waals surface area (Å²) in [6.45, 7) is 9.89. The van der Waals surface area contributed by atoms with E-state index in [2.05, 4.69) is 0 Å². The lowest BCUT2D eigenvalue weighted by molar-refractivity contribution is -0.135. The maximum atomic E-state index is 12.3. The van der Waals surface area contributed by atoms with Gasteiger partial charge in [0.05, 0.1) is 6.61 Å². The molecular weight excluding hydrogens is 336 g/mol. The fraction of sp³-hybridized carbons (Fsp3) is 0.579. The van der Waals surface area contributed by atoms with Gasteiger partial charge in [-0.2, -0.15) is 0 Å². The van der Waals surface area contributed by atoms with Gasteiger partial charge in [-0.05, 0) is 52.0 Å². The summed E-state index contributed by atoms with van der Waals surface area (Å²) in [5.74, 6) is 1.29.